The smallest absolute Gasteiger partial charge is 0.270 e. The van der Waals surface area contributed by atoms with Gasteiger partial charge in [-0.15, -0.1) is 0 Å². The van der Waals surface area contributed by atoms with E-state index in [0.29, 0.717) is 21.2 Å². The molecule has 3 heterocycles. The summed E-state index contributed by atoms with van der Waals surface area (Å²) >= 11 is 1.17. The molecule has 124 valence electrons. The van der Waals surface area contributed by atoms with Crippen molar-refractivity contribution in [2.24, 2.45) is 11.3 Å². The summed E-state index contributed by atoms with van der Waals surface area (Å²) in [6.45, 7) is 4.44. The van der Waals surface area contributed by atoms with E-state index in [1.807, 2.05) is 6.07 Å². The topological polar surface area (TPSA) is 92.1 Å². The molecule has 8 heteroatoms. The second-order valence-corrected chi connectivity index (χ2v) is 7.61. The molecule has 1 saturated carbocycles. The van der Waals surface area contributed by atoms with E-state index in [0.717, 1.165) is 6.42 Å². The van der Waals surface area contributed by atoms with Crippen LogP contribution < -0.4 is 10.5 Å². The molecule has 0 radical (unpaired) electrons. The highest BCUT2D eigenvalue weighted by molar-refractivity contribution is 7.22. The number of nitrogens with zero attached hydrogens (tertiary/aromatic N) is 3. The van der Waals surface area contributed by atoms with E-state index in [9.17, 15) is 9.59 Å². The van der Waals surface area contributed by atoms with Gasteiger partial charge in [-0.1, -0.05) is 25.2 Å². The quantitative estimate of drug-likeness (QED) is 0.785. The number of aromatic amines is 1. The van der Waals surface area contributed by atoms with E-state index >= 15 is 0 Å². The Morgan fingerprint density at radius 1 is 1.54 bits per heavy atom. The molecule has 1 aliphatic carbocycles. The van der Waals surface area contributed by atoms with Crippen molar-refractivity contribution >= 4 is 32.7 Å². The van der Waals surface area contributed by atoms with Crippen molar-refractivity contribution in [3.8, 4) is 0 Å². The molecule has 0 bridgehead atoms. The van der Waals surface area contributed by atoms with Gasteiger partial charge in [0.2, 0.25) is 5.91 Å². The van der Waals surface area contributed by atoms with Gasteiger partial charge in [0, 0.05) is 5.92 Å². The fourth-order valence-electron chi connectivity index (χ4n) is 2.74. The third-order valence-electron chi connectivity index (χ3n) is 4.39. The van der Waals surface area contributed by atoms with Gasteiger partial charge in [-0.3, -0.25) is 14.5 Å². The highest BCUT2D eigenvalue weighted by Gasteiger charge is 2.52. The van der Waals surface area contributed by atoms with E-state index in [2.05, 4.69) is 28.8 Å². The summed E-state index contributed by atoms with van der Waals surface area (Å²) < 4.78 is 5.80. The maximum absolute atomic E-state index is 13.0. The van der Waals surface area contributed by atoms with Gasteiger partial charge in [0.25, 0.3) is 5.56 Å². The molecule has 24 heavy (non-hydrogen) atoms. The number of nitrogens with one attached hydrogen (secondary N) is 1. The van der Waals surface area contributed by atoms with Crippen LogP contribution in [0.1, 0.15) is 26.0 Å². The molecule has 3 aromatic heterocycles. The number of hydrogen-bond acceptors (Lipinski definition) is 6. The molecule has 0 unspecified atom stereocenters. The Labute approximate surface area is 141 Å². The molecule has 1 fully saturated rings. The van der Waals surface area contributed by atoms with Crippen molar-refractivity contribution < 1.29 is 9.21 Å². The molecule has 0 aliphatic heterocycles. The van der Waals surface area contributed by atoms with Gasteiger partial charge >= 0.3 is 0 Å². The van der Waals surface area contributed by atoms with Gasteiger partial charge in [-0.25, -0.2) is 4.98 Å². The Morgan fingerprint density at radius 2 is 2.33 bits per heavy atom. The lowest BCUT2D eigenvalue weighted by molar-refractivity contribution is -0.120. The Morgan fingerprint density at radius 3 is 2.96 bits per heavy atom. The van der Waals surface area contributed by atoms with Crippen molar-refractivity contribution in [1.82, 2.24) is 15.0 Å². The second-order valence-electron chi connectivity index (χ2n) is 6.63. The standard InChI is InChI=1S/C16H16N4O3S/c1-16(2)6-10(16)14(22)20(7-9-4-3-5-23-9)15-19-12-11(24-15)13(21)18-8-17-12/h3-5,8,10H,6-7H2,1-2H3,(H,17,18,21)/t10-/m1/s1. The minimum atomic E-state index is -0.249. The molecule has 0 saturated heterocycles. The number of carbonyl (C=O) groups is 1. The number of hydrogen-bond donors (Lipinski definition) is 1. The van der Waals surface area contributed by atoms with Crippen molar-refractivity contribution in [3.63, 3.8) is 0 Å². The average molecular weight is 344 g/mol. The summed E-state index contributed by atoms with van der Waals surface area (Å²) in [5.74, 6) is 0.639. The maximum atomic E-state index is 13.0. The van der Waals surface area contributed by atoms with Crippen molar-refractivity contribution in [2.45, 2.75) is 26.8 Å². The molecule has 1 atom stereocenters. The largest absolute Gasteiger partial charge is 0.467 e. The Bertz CT molecular complexity index is 957. The zero-order valence-corrected chi connectivity index (χ0v) is 14.1. The Kier molecular flexibility index (Phi) is 3.31. The van der Waals surface area contributed by atoms with Crippen LogP contribution >= 0.6 is 11.3 Å². The van der Waals surface area contributed by atoms with E-state index in [4.69, 9.17) is 4.42 Å². The van der Waals surface area contributed by atoms with Crippen molar-refractivity contribution in [2.75, 3.05) is 4.90 Å². The number of furan rings is 1. The number of carbonyl (C=O) groups excluding carboxylic acids is 1. The number of rotatable bonds is 4. The SMILES string of the molecule is CC1(C)C[C@@H]1C(=O)N(Cc1ccco1)c1nc2nc[nH]c(=O)c2s1. The molecule has 0 aromatic carbocycles. The lowest BCUT2D eigenvalue weighted by Crippen LogP contribution is -2.32. The van der Waals surface area contributed by atoms with Crippen LogP contribution in [0.3, 0.4) is 0 Å². The molecular formula is C16H16N4O3S. The summed E-state index contributed by atoms with van der Waals surface area (Å²) in [7, 11) is 0. The molecule has 1 N–H and O–H groups in total. The van der Waals surface area contributed by atoms with Crippen LogP contribution in [0.2, 0.25) is 0 Å². The first-order chi connectivity index (χ1) is 11.5. The lowest BCUT2D eigenvalue weighted by atomic mass is 10.1. The first-order valence-corrected chi connectivity index (χ1v) is 8.45. The summed E-state index contributed by atoms with van der Waals surface area (Å²) in [5.41, 5.74) is 0.109. The summed E-state index contributed by atoms with van der Waals surface area (Å²) in [6.07, 6.45) is 3.74. The average Bonchev–Trinajstić information content (AvgIpc) is 2.96. The van der Waals surface area contributed by atoms with Crippen LogP contribution in [-0.2, 0) is 11.3 Å². The molecular weight excluding hydrogens is 328 g/mol. The molecule has 1 amide bonds. The van der Waals surface area contributed by atoms with Crippen LogP contribution in [0.15, 0.2) is 33.9 Å². The second kappa shape index (κ2) is 5.27. The summed E-state index contributed by atoms with van der Waals surface area (Å²) in [5, 5.41) is 0.471. The molecule has 4 rings (SSSR count). The number of fused-ring (bicyclic) bond motifs is 1. The van der Waals surface area contributed by atoms with Gasteiger partial charge < -0.3 is 9.40 Å². The van der Waals surface area contributed by atoms with E-state index < -0.39 is 0 Å². The highest BCUT2D eigenvalue weighted by atomic mass is 32.1. The number of thiazole rings is 1. The fourth-order valence-corrected chi connectivity index (χ4v) is 3.67. The van der Waals surface area contributed by atoms with Gasteiger partial charge in [0.1, 0.15) is 10.5 Å². The van der Waals surface area contributed by atoms with Gasteiger partial charge in [0.15, 0.2) is 10.8 Å². The lowest BCUT2D eigenvalue weighted by Gasteiger charge is -2.19. The number of amides is 1. The van der Waals surface area contributed by atoms with Crippen LogP contribution in [0.25, 0.3) is 10.3 Å². The van der Waals surface area contributed by atoms with E-state index in [1.165, 1.54) is 17.7 Å². The van der Waals surface area contributed by atoms with Gasteiger partial charge in [0.05, 0.1) is 19.1 Å². The molecule has 7 nitrogen and oxygen atoms in total. The van der Waals surface area contributed by atoms with Crippen LogP contribution in [0.5, 0.6) is 0 Å². The van der Waals surface area contributed by atoms with Gasteiger partial charge in [-0.2, -0.15) is 4.98 Å². The molecule has 0 spiro atoms. The zero-order valence-electron chi connectivity index (χ0n) is 13.3. The number of anilines is 1. The predicted molar refractivity (Wildman–Crippen MR) is 89.8 cm³/mol. The Balaban J connectivity index is 1.74. The van der Waals surface area contributed by atoms with Gasteiger partial charge in [-0.05, 0) is 24.0 Å². The molecule has 3 aromatic rings. The van der Waals surface area contributed by atoms with Crippen LogP contribution in [-0.4, -0.2) is 20.9 Å². The van der Waals surface area contributed by atoms with E-state index in [-0.39, 0.29) is 29.3 Å². The normalized spacial score (nSPS) is 18.7. The fraction of sp³-hybridized carbons (Fsp3) is 0.375. The summed E-state index contributed by atoms with van der Waals surface area (Å²) in [4.78, 5) is 37.4. The van der Waals surface area contributed by atoms with Crippen LogP contribution in [0, 0.1) is 11.3 Å². The first kappa shape index (κ1) is 15.1. The summed E-state index contributed by atoms with van der Waals surface area (Å²) in [6, 6.07) is 3.60. The van der Waals surface area contributed by atoms with Crippen molar-refractivity contribution in [1.29, 1.82) is 0 Å². The third kappa shape index (κ3) is 2.52. The molecule has 1 aliphatic rings. The monoisotopic (exact) mass is 344 g/mol. The van der Waals surface area contributed by atoms with Crippen LogP contribution in [0.4, 0.5) is 5.13 Å². The van der Waals surface area contributed by atoms with E-state index in [1.54, 1.807) is 17.2 Å². The minimum Gasteiger partial charge on any atom is -0.467 e. The minimum absolute atomic E-state index is 0.00486. The predicted octanol–water partition coefficient (Wildman–Crippen LogP) is 2.55. The highest BCUT2D eigenvalue weighted by Crippen LogP contribution is 2.53. The number of H-pyrrole nitrogens is 1. The number of aromatic nitrogens is 3. The third-order valence-corrected chi connectivity index (χ3v) is 5.46. The maximum Gasteiger partial charge on any atom is 0.270 e. The zero-order chi connectivity index (χ0) is 16.9. The first-order valence-electron chi connectivity index (χ1n) is 7.64. The Hall–Kier alpha value is -2.48. The van der Waals surface area contributed by atoms with Crippen molar-refractivity contribution in [3.05, 3.63) is 40.8 Å².